The molecule has 0 aromatic heterocycles. The van der Waals surface area contributed by atoms with E-state index in [0.29, 0.717) is 0 Å². The fraction of sp³-hybridized carbons (Fsp3) is 0.588. The normalized spacial score (nSPS) is 15.4. The molecular formula is C17H28N2. The Hall–Kier alpha value is -0.860. The van der Waals surface area contributed by atoms with Gasteiger partial charge >= 0.3 is 0 Å². The Bertz CT molecular complexity index is 302. The third-order valence-electron chi connectivity index (χ3n) is 3.31. The number of hydrogen-bond donors (Lipinski definition) is 0. The Labute approximate surface area is 119 Å². The molecule has 1 fully saturated rings. The summed E-state index contributed by atoms with van der Waals surface area (Å²) in [6.07, 6.45) is 5.00. The number of nitrogens with zero attached hydrogens (tertiary/aromatic N) is 2. The molecule has 2 rings (SSSR count). The smallest absolute Gasteiger partial charge is 0.00157 e. The van der Waals surface area contributed by atoms with Gasteiger partial charge in [0.05, 0.1) is 0 Å². The van der Waals surface area contributed by atoms with Gasteiger partial charge in [0.15, 0.2) is 0 Å². The molecule has 1 aliphatic heterocycles. The molecule has 0 bridgehead atoms. The molecule has 2 nitrogen and oxygen atoms in total. The van der Waals surface area contributed by atoms with Crippen molar-refractivity contribution < 1.29 is 0 Å². The first-order chi connectivity index (χ1) is 9.22. The predicted octanol–water partition coefficient (Wildman–Crippen LogP) is 2.90. The minimum Gasteiger partial charge on any atom is -0.309 e. The van der Waals surface area contributed by atoms with E-state index in [2.05, 4.69) is 49.0 Å². The molecule has 0 unspecified atom stereocenters. The molecule has 0 amide bonds. The standard InChI is InChI=1S/C10H14N.C7H14N/c1-11(2)9-8-10-6-4-3-5-7-10;1-2-5-8-6-3-4-7-8/h4-7H,8-9H2,1-2H3;1-7H2. The van der Waals surface area contributed by atoms with Gasteiger partial charge in [-0.05, 0) is 71.0 Å². The van der Waals surface area contributed by atoms with E-state index in [1.54, 1.807) is 0 Å². The monoisotopic (exact) mass is 260 g/mol. The molecule has 19 heavy (non-hydrogen) atoms. The number of likely N-dealkylation sites (N-methyl/N-ethyl adjacent to an activating group) is 1. The van der Waals surface area contributed by atoms with Crippen LogP contribution in [0, 0.1) is 13.0 Å². The van der Waals surface area contributed by atoms with Crippen LogP contribution in [0.4, 0.5) is 0 Å². The lowest BCUT2D eigenvalue weighted by molar-refractivity contribution is 0.345. The Balaban J connectivity index is 0.000000200. The fourth-order valence-electron chi connectivity index (χ4n) is 2.17. The SMILES string of the molecule is CN(C)CCc1cc[c]cc1.[CH2]CCN1CCCC1. The predicted molar refractivity (Wildman–Crippen MR) is 83.2 cm³/mol. The first-order valence-electron chi connectivity index (χ1n) is 7.33. The minimum absolute atomic E-state index is 1.07. The average molecular weight is 260 g/mol. The molecule has 1 aliphatic rings. The molecule has 1 saturated heterocycles. The molecule has 0 N–H and O–H groups in total. The molecule has 1 heterocycles. The van der Waals surface area contributed by atoms with Crippen LogP contribution < -0.4 is 0 Å². The van der Waals surface area contributed by atoms with Crippen molar-refractivity contribution in [1.82, 2.24) is 9.80 Å². The summed E-state index contributed by atoms with van der Waals surface area (Å²) < 4.78 is 0. The van der Waals surface area contributed by atoms with E-state index in [9.17, 15) is 0 Å². The molecular weight excluding hydrogens is 232 g/mol. The summed E-state index contributed by atoms with van der Waals surface area (Å²) in [5.41, 5.74) is 1.39. The lowest BCUT2D eigenvalue weighted by Gasteiger charge is -2.11. The Morgan fingerprint density at radius 1 is 1.21 bits per heavy atom. The van der Waals surface area contributed by atoms with Crippen LogP contribution in [-0.2, 0) is 6.42 Å². The van der Waals surface area contributed by atoms with Crippen LogP contribution in [0.15, 0.2) is 24.3 Å². The first kappa shape index (κ1) is 16.2. The lowest BCUT2D eigenvalue weighted by Crippen LogP contribution is -2.19. The van der Waals surface area contributed by atoms with Gasteiger partial charge in [-0.2, -0.15) is 0 Å². The highest BCUT2D eigenvalue weighted by molar-refractivity contribution is 5.13. The highest BCUT2D eigenvalue weighted by Crippen LogP contribution is 2.06. The number of rotatable bonds is 5. The van der Waals surface area contributed by atoms with Crippen LogP contribution in [0.3, 0.4) is 0 Å². The van der Waals surface area contributed by atoms with Gasteiger partial charge in [0.25, 0.3) is 0 Å². The van der Waals surface area contributed by atoms with E-state index in [0.717, 1.165) is 19.4 Å². The van der Waals surface area contributed by atoms with Crippen molar-refractivity contribution in [3.05, 3.63) is 42.8 Å². The summed E-state index contributed by atoms with van der Waals surface area (Å²) >= 11 is 0. The van der Waals surface area contributed by atoms with Crippen molar-refractivity contribution in [3.8, 4) is 0 Å². The maximum Gasteiger partial charge on any atom is 0.00157 e. The molecule has 0 spiro atoms. The Kier molecular flexibility index (Phi) is 8.52. The van der Waals surface area contributed by atoms with Crippen LogP contribution in [0.5, 0.6) is 0 Å². The van der Waals surface area contributed by atoms with E-state index in [1.165, 1.54) is 38.0 Å². The zero-order valence-electron chi connectivity index (χ0n) is 12.6. The van der Waals surface area contributed by atoms with Gasteiger partial charge in [-0.3, -0.25) is 0 Å². The van der Waals surface area contributed by atoms with Gasteiger partial charge in [-0.25, -0.2) is 0 Å². The van der Waals surface area contributed by atoms with Crippen molar-refractivity contribution >= 4 is 0 Å². The van der Waals surface area contributed by atoms with Crippen molar-refractivity contribution in [2.24, 2.45) is 0 Å². The largest absolute Gasteiger partial charge is 0.309 e. The minimum atomic E-state index is 1.07. The van der Waals surface area contributed by atoms with Crippen LogP contribution in [0.1, 0.15) is 24.8 Å². The second kappa shape index (κ2) is 9.99. The van der Waals surface area contributed by atoms with Gasteiger partial charge in [0.1, 0.15) is 0 Å². The molecule has 0 saturated carbocycles. The van der Waals surface area contributed by atoms with Gasteiger partial charge < -0.3 is 9.80 Å². The number of benzene rings is 1. The summed E-state index contributed by atoms with van der Waals surface area (Å²) in [5.74, 6) is 0. The third kappa shape index (κ3) is 8.02. The molecule has 0 aliphatic carbocycles. The van der Waals surface area contributed by atoms with Crippen LogP contribution in [0.25, 0.3) is 0 Å². The Morgan fingerprint density at radius 2 is 1.84 bits per heavy atom. The first-order valence-corrected chi connectivity index (χ1v) is 7.33. The Morgan fingerprint density at radius 3 is 2.37 bits per heavy atom. The highest BCUT2D eigenvalue weighted by atomic mass is 15.1. The number of hydrogen-bond acceptors (Lipinski definition) is 2. The molecule has 2 radical (unpaired) electrons. The molecule has 0 atom stereocenters. The maximum absolute atomic E-state index is 3.81. The number of likely N-dealkylation sites (tertiary alicyclic amines) is 1. The second-order valence-corrected chi connectivity index (χ2v) is 5.36. The van der Waals surface area contributed by atoms with E-state index in [4.69, 9.17) is 0 Å². The summed E-state index contributed by atoms with van der Waals surface area (Å²) in [6.45, 7) is 8.76. The molecule has 1 aromatic rings. The summed E-state index contributed by atoms with van der Waals surface area (Å²) in [6, 6.07) is 11.2. The van der Waals surface area contributed by atoms with Crippen LogP contribution in [0.2, 0.25) is 0 Å². The van der Waals surface area contributed by atoms with Gasteiger partial charge in [-0.1, -0.05) is 31.2 Å². The average Bonchev–Trinajstić information content (AvgIpc) is 2.92. The topological polar surface area (TPSA) is 6.48 Å². The highest BCUT2D eigenvalue weighted by Gasteiger charge is 2.08. The molecule has 2 heteroatoms. The van der Waals surface area contributed by atoms with Crippen LogP contribution in [-0.4, -0.2) is 50.1 Å². The van der Waals surface area contributed by atoms with Crippen molar-refractivity contribution in [2.45, 2.75) is 25.7 Å². The van der Waals surface area contributed by atoms with Crippen LogP contribution >= 0.6 is 0 Å². The maximum atomic E-state index is 3.81. The molecule has 1 aromatic carbocycles. The zero-order valence-corrected chi connectivity index (χ0v) is 12.6. The summed E-state index contributed by atoms with van der Waals surface area (Å²) in [5, 5.41) is 0. The van der Waals surface area contributed by atoms with Crippen molar-refractivity contribution in [1.29, 1.82) is 0 Å². The summed E-state index contributed by atoms with van der Waals surface area (Å²) in [4.78, 5) is 4.67. The fourth-order valence-corrected chi connectivity index (χ4v) is 2.17. The van der Waals surface area contributed by atoms with E-state index < -0.39 is 0 Å². The van der Waals surface area contributed by atoms with Gasteiger partial charge in [0, 0.05) is 6.54 Å². The van der Waals surface area contributed by atoms with Gasteiger partial charge in [-0.15, -0.1) is 0 Å². The van der Waals surface area contributed by atoms with E-state index in [-0.39, 0.29) is 0 Å². The zero-order chi connectivity index (χ0) is 13.9. The second-order valence-electron chi connectivity index (χ2n) is 5.36. The van der Waals surface area contributed by atoms with E-state index >= 15 is 0 Å². The molecule has 106 valence electrons. The third-order valence-corrected chi connectivity index (χ3v) is 3.31. The summed E-state index contributed by atoms with van der Waals surface area (Å²) in [7, 11) is 4.18. The van der Waals surface area contributed by atoms with Gasteiger partial charge in [0.2, 0.25) is 0 Å². The van der Waals surface area contributed by atoms with E-state index in [1.807, 2.05) is 12.1 Å². The van der Waals surface area contributed by atoms with Crippen molar-refractivity contribution in [2.75, 3.05) is 40.3 Å². The van der Waals surface area contributed by atoms with Crippen molar-refractivity contribution in [3.63, 3.8) is 0 Å². The lowest BCUT2D eigenvalue weighted by atomic mass is 10.1. The quantitative estimate of drug-likeness (QED) is 0.803.